The molecule has 0 aliphatic carbocycles. The van der Waals surface area contributed by atoms with Gasteiger partial charge in [0.1, 0.15) is 0 Å². The van der Waals surface area contributed by atoms with Gasteiger partial charge >= 0.3 is 0 Å². The fourth-order valence-electron chi connectivity index (χ4n) is 3.09. The van der Waals surface area contributed by atoms with Crippen molar-refractivity contribution in [3.05, 3.63) is 0 Å². The van der Waals surface area contributed by atoms with Crippen LogP contribution in [0.25, 0.3) is 0 Å². The second-order valence-corrected chi connectivity index (χ2v) is 7.60. The first-order chi connectivity index (χ1) is 9.86. The van der Waals surface area contributed by atoms with Crippen LogP contribution in [0.1, 0.15) is 73.6 Å². The molecule has 1 amide bonds. The fraction of sp³-hybridized carbons (Fsp3) is 0.944. The molecule has 0 saturated carbocycles. The lowest BCUT2D eigenvalue weighted by Crippen LogP contribution is -2.39. The summed E-state index contributed by atoms with van der Waals surface area (Å²) >= 11 is 0. The Labute approximate surface area is 131 Å². The summed E-state index contributed by atoms with van der Waals surface area (Å²) < 4.78 is 0. The van der Waals surface area contributed by atoms with Gasteiger partial charge in [0.2, 0.25) is 5.91 Å². The number of carbonyl (C=O) groups is 1. The van der Waals surface area contributed by atoms with Crippen LogP contribution in [0.3, 0.4) is 0 Å². The summed E-state index contributed by atoms with van der Waals surface area (Å²) in [5.41, 5.74) is 0. The van der Waals surface area contributed by atoms with E-state index in [1.54, 1.807) is 0 Å². The molecule has 1 aliphatic rings. The Hall–Kier alpha value is -0.570. The monoisotopic (exact) mass is 296 g/mol. The molecule has 3 nitrogen and oxygen atoms in total. The second kappa shape index (κ2) is 8.77. The van der Waals surface area contributed by atoms with Crippen molar-refractivity contribution in [2.75, 3.05) is 6.54 Å². The molecule has 3 heteroatoms. The number of rotatable bonds is 9. The van der Waals surface area contributed by atoms with Gasteiger partial charge in [-0.15, -0.1) is 0 Å². The molecule has 3 unspecified atom stereocenters. The van der Waals surface area contributed by atoms with Gasteiger partial charge in [-0.1, -0.05) is 60.8 Å². The highest BCUT2D eigenvalue weighted by atomic mass is 16.2. The summed E-state index contributed by atoms with van der Waals surface area (Å²) in [4.78, 5) is 14.8. The Bertz CT molecular complexity index is 314. The predicted molar refractivity (Wildman–Crippen MR) is 90.0 cm³/mol. The van der Waals surface area contributed by atoms with Gasteiger partial charge in [-0.05, 0) is 30.6 Å². The van der Waals surface area contributed by atoms with Crippen LogP contribution in [-0.2, 0) is 4.79 Å². The van der Waals surface area contributed by atoms with Gasteiger partial charge in [-0.2, -0.15) is 0 Å². The maximum atomic E-state index is 12.7. The Morgan fingerprint density at radius 3 is 2.29 bits per heavy atom. The Morgan fingerprint density at radius 1 is 1.10 bits per heavy atom. The van der Waals surface area contributed by atoms with E-state index in [4.69, 9.17) is 0 Å². The van der Waals surface area contributed by atoms with E-state index in [9.17, 15) is 4.79 Å². The summed E-state index contributed by atoms with van der Waals surface area (Å²) in [5.74, 6) is 2.13. The molecule has 0 spiro atoms. The lowest BCUT2D eigenvalue weighted by molar-refractivity contribution is -0.131. The normalized spacial score (nSPS) is 24.4. The zero-order chi connectivity index (χ0) is 16.0. The van der Waals surface area contributed by atoms with E-state index in [2.05, 4.69) is 51.8 Å². The van der Waals surface area contributed by atoms with Gasteiger partial charge in [0, 0.05) is 6.54 Å². The third-order valence-corrected chi connectivity index (χ3v) is 4.64. The van der Waals surface area contributed by atoms with E-state index in [0.29, 0.717) is 17.7 Å². The zero-order valence-corrected chi connectivity index (χ0v) is 15.0. The number of nitrogens with one attached hydrogen (secondary N) is 1. The van der Waals surface area contributed by atoms with Crippen LogP contribution >= 0.6 is 0 Å². The molecule has 3 atom stereocenters. The van der Waals surface area contributed by atoms with Crippen LogP contribution in [-0.4, -0.2) is 29.6 Å². The fourth-order valence-corrected chi connectivity index (χ4v) is 3.09. The third-order valence-electron chi connectivity index (χ3n) is 4.64. The molecule has 124 valence electrons. The van der Waals surface area contributed by atoms with Crippen LogP contribution in [0, 0.1) is 17.8 Å². The van der Waals surface area contributed by atoms with Crippen LogP contribution in [0.15, 0.2) is 0 Å². The molecule has 1 N–H and O–H groups in total. The highest BCUT2D eigenvalue weighted by molar-refractivity contribution is 5.84. The average molecular weight is 296 g/mol. The minimum absolute atomic E-state index is 0.0313. The molecule has 0 radical (unpaired) electrons. The molecule has 1 aliphatic heterocycles. The minimum atomic E-state index is 0.0313. The molecular weight excluding hydrogens is 260 g/mol. The Kier molecular flexibility index (Phi) is 7.72. The highest BCUT2D eigenvalue weighted by Crippen LogP contribution is 2.23. The first-order valence-corrected chi connectivity index (χ1v) is 8.93. The Balaban J connectivity index is 2.59. The summed E-state index contributed by atoms with van der Waals surface area (Å²) in [7, 11) is 0. The van der Waals surface area contributed by atoms with Crippen LogP contribution in [0.4, 0.5) is 0 Å². The summed E-state index contributed by atoms with van der Waals surface area (Å²) in [5, 5.41) is 3.60. The average Bonchev–Trinajstić information content (AvgIpc) is 2.70. The van der Waals surface area contributed by atoms with E-state index in [-0.39, 0.29) is 12.2 Å². The molecule has 21 heavy (non-hydrogen) atoms. The van der Waals surface area contributed by atoms with Crippen molar-refractivity contribution < 1.29 is 4.79 Å². The van der Waals surface area contributed by atoms with Crippen LogP contribution in [0.2, 0.25) is 0 Å². The van der Waals surface area contributed by atoms with Crippen molar-refractivity contribution in [3.8, 4) is 0 Å². The molecule has 1 heterocycles. The van der Waals surface area contributed by atoms with E-state index in [1.807, 2.05) is 0 Å². The van der Waals surface area contributed by atoms with Crippen molar-refractivity contribution in [2.45, 2.75) is 85.9 Å². The number of hydrogen-bond acceptors (Lipinski definition) is 2. The van der Waals surface area contributed by atoms with Gasteiger partial charge in [0.25, 0.3) is 0 Å². The molecule has 1 rings (SSSR count). The molecular formula is C18H36N2O. The number of amides is 1. The number of unbranched alkanes of at least 4 members (excludes halogenated alkanes) is 1. The quantitative estimate of drug-likeness (QED) is 0.651. The topological polar surface area (TPSA) is 32.3 Å². The predicted octanol–water partition coefficient (Wildman–Crippen LogP) is 4.03. The van der Waals surface area contributed by atoms with E-state index >= 15 is 0 Å². The maximum Gasteiger partial charge on any atom is 0.241 e. The lowest BCUT2D eigenvalue weighted by atomic mass is 9.99. The Morgan fingerprint density at radius 2 is 1.76 bits per heavy atom. The standard InChI is InChI=1S/C18H36N2O/c1-7-15(6)17-18(21)20(11-9-8-10-13(2)3)16(19-17)12-14(4)5/h13-17,19H,7-12H2,1-6H3. The van der Waals surface area contributed by atoms with Crippen molar-refractivity contribution in [3.63, 3.8) is 0 Å². The first-order valence-electron chi connectivity index (χ1n) is 8.93. The van der Waals surface area contributed by atoms with E-state index in [1.165, 1.54) is 12.8 Å². The van der Waals surface area contributed by atoms with E-state index in [0.717, 1.165) is 31.7 Å². The molecule has 0 aromatic heterocycles. The SMILES string of the molecule is CCC(C)C1NC(CC(C)C)N(CCCCC(C)C)C1=O. The number of hydrogen-bond donors (Lipinski definition) is 1. The molecule has 1 saturated heterocycles. The number of nitrogens with zero attached hydrogens (tertiary/aromatic N) is 1. The van der Waals surface area contributed by atoms with Crippen molar-refractivity contribution in [1.82, 2.24) is 10.2 Å². The molecule has 0 bridgehead atoms. The maximum absolute atomic E-state index is 12.7. The van der Waals surface area contributed by atoms with Gasteiger partial charge < -0.3 is 4.90 Å². The minimum Gasteiger partial charge on any atom is -0.326 e. The van der Waals surface area contributed by atoms with Crippen LogP contribution < -0.4 is 5.32 Å². The second-order valence-electron chi connectivity index (χ2n) is 7.60. The highest BCUT2D eigenvalue weighted by Gasteiger charge is 2.40. The van der Waals surface area contributed by atoms with Gasteiger partial charge in [-0.3, -0.25) is 10.1 Å². The van der Waals surface area contributed by atoms with Crippen molar-refractivity contribution >= 4 is 5.91 Å². The van der Waals surface area contributed by atoms with Crippen molar-refractivity contribution in [2.24, 2.45) is 17.8 Å². The largest absolute Gasteiger partial charge is 0.326 e. The lowest BCUT2D eigenvalue weighted by Gasteiger charge is -2.25. The molecule has 1 fully saturated rings. The van der Waals surface area contributed by atoms with E-state index < -0.39 is 0 Å². The molecule has 0 aromatic rings. The number of carbonyl (C=O) groups excluding carboxylic acids is 1. The smallest absolute Gasteiger partial charge is 0.241 e. The van der Waals surface area contributed by atoms with Gasteiger partial charge in [-0.25, -0.2) is 0 Å². The molecule has 0 aromatic carbocycles. The van der Waals surface area contributed by atoms with Crippen LogP contribution in [0.5, 0.6) is 0 Å². The summed E-state index contributed by atoms with van der Waals surface area (Å²) in [6.45, 7) is 14.3. The third kappa shape index (κ3) is 5.61. The first kappa shape index (κ1) is 18.5. The van der Waals surface area contributed by atoms with Gasteiger partial charge in [0.15, 0.2) is 0 Å². The summed E-state index contributed by atoms with van der Waals surface area (Å²) in [6, 6.07) is 0.0313. The summed E-state index contributed by atoms with van der Waals surface area (Å²) in [6.07, 6.45) is 5.98. The zero-order valence-electron chi connectivity index (χ0n) is 15.0. The van der Waals surface area contributed by atoms with Crippen molar-refractivity contribution in [1.29, 1.82) is 0 Å². The van der Waals surface area contributed by atoms with Gasteiger partial charge in [0.05, 0.1) is 12.2 Å².